The molecule has 3 rings (SSSR count). The van der Waals surface area contributed by atoms with E-state index < -0.39 is 0 Å². The number of thiazole rings is 1. The molecule has 142 valence electrons. The summed E-state index contributed by atoms with van der Waals surface area (Å²) in [6, 6.07) is 17.0. The molecule has 6 heteroatoms. The van der Waals surface area contributed by atoms with Gasteiger partial charge in [-0.25, -0.2) is 4.98 Å². The molecule has 0 aliphatic heterocycles. The average molecular weight is 391 g/mol. The van der Waals surface area contributed by atoms with Crippen LogP contribution in [-0.2, 0) is 17.8 Å². The summed E-state index contributed by atoms with van der Waals surface area (Å²) in [5, 5.41) is 14.5. The molecule has 1 atom stereocenters. The maximum Gasteiger partial charge on any atom is 0.226 e. The van der Waals surface area contributed by atoms with Gasteiger partial charge in [-0.05, 0) is 43.7 Å². The van der Waals surface area contributed by atoms with Crippen molar-refractivity contribution >= 4 is 17.2 Å². The van der Waals surface area contributed by atoms with Crippen LogP contribution in [0.5, 0.6) is 5.75 Å². The number of nitrogens with one attached hydrogen (secondary N) is 1. The third kappa shape index (κ3) is 5.41. The molecule has 1 aromatic heterocycles. The molecule has 1 amide bonds. The van der Waals surface area contributed by atoms with Crippen molar-refractivity contribution in [2.45, 2.75) is 32.9 Å². The van der Waals surface area contributed by atoms with Gasteiger partial charge >= 0.3 is 0 Å². The second-order valence-electron chi connectivity index (χ2n) is 6.53. The lowest BCUT2D eigenvalue weighted by Gasteiger charge is -2.14. The number of benzene rings is 2. The molecular formula is C22H21N3O2S. The van der Waals surface area contributed by atoms with Crippen molar-refractivity contribution in [3.8, 4) is 11.8 Å². The number of amides is 1. The molecule has 1 unspecified atom stereocenters. The zero-order valence-electron chi connectivity index (χ0n) is 15.8. The first kappa shape index (κ1) is 19.6. The second kappa shape index (κ2) is 9.16. The third-order valence-electron chi connectivity index (χ3n) is 4.24. The highest BCUT2D eigenvalue weighted by Crippen LogP contribution is 2.17. The van der Waals surface area contributed by atoms with E-state index >= 15 is 0 Å². The van der Waals surface area contributed by atoms with Crippen LogP contribution in [0.1, 0.15) is 40.4 Å². The van der Waals surface area contributed by atoms with Crippen LogP contribution in [0.25, 0.3) is 0 Å². The molecule has 1 N–H and O–H groups in total. The molecule has 0 saturated heterocycles. The number of hydrogen-bond donors (Lipinski definition) is 1. The number of carbonyl (C=O) groups is 1. The summed E-state index contributed by atoms with van der Waals surface area (Å²) in [5.74, 6) is 0.712. The molecule has 0 aliphatic rings. The quantitative estimate of drug-likeness (QED) is 0.651. The highest BCUT2D eigenvalue weighted by molar-refractivity contribution is 7.09. The fraction of sp³-hybridized carbons (Fsp3) is 0.227. The largest absolute Gasteiger partial charge is 0.486 e. The predicted octanol–water partition coefficient (Wildman–Crippen LogP) is 4.32. The molecule has 5 nitrogen and oxygen atoms in total. The Morgan fingerprint density at radius 2 is 1.93 bits per heavy atom. The Hall–Kier alpha value is -3.17. The number of nitriles is 1. The van der Waals surface area contributed by atoms with Gasteiger partial charge in [0.25, 0.3) is 0 Å². The van der Waals surface area contributed by atoms with Crippen molar-refractivity contribution in [2.75, 3.05) is 0 Å². The molecule has 0 aliphatic carbocycles. The summed E-state index contributed by atoms with van der Waals surface area (Å²) in [6.07, 6.45) is 0.224. The van der Waals surface area contributed by atoms with Crippen molar-refractivity contribution in [3.63, 3.8) is 0 Å². The maximum atomic E-state index is 12.3. The smallest absolute Gasteiger partial charge is 0.226 e. The molecule has 0 saturated carbocycles. The minimum Gasteiger partial charge on any atom is -0.486 e. The molecule has 0 radical (unpaired) electrons. The highest BCUT2D eigenvalue weighted by atomic mass is 32.1. The van der Waals surface area contributed by atoms with E-state index in [1.807, 2.05) is 55.6 Å². The first-order valence-corrected chi connectivity index (χ1v) is 9.83. The van der Waals surface area contributed by atoms with E-state index in [0.717, 1.165) is 22.0 Å². The van der Waals surface area contributed by atoms with Crippen molar-refractivity contribution in [2.24, 2.45) is 0 Å². The van der Waals surface area contributed by atoms with Crippen LogP contribution in [0.3, 0.4) is 0 Å². The average Bonchev–Trinajstić information content (AvgIpc) is 3.14. The minimum absolute atomic E-state index is 0.0897. The van der Waals surface area contributed by atoms with Gasteiger partial charge in [0, 0.05) is 5.38 Å². The van der Waals surface area contributed by atoms with E-state index in [1.54, 1.807) is 12.1 Å². The Morgan fingerprint density at radius 3 is 2.61 bits per heavy atom. The van der Waals surface area contributed by atoms with Crippen LogP contribution in [0.2, 0.25) is 0 Å². The normalized spacial score (nSPS) is 11.5. The summed E-state index contributed by atoms with van der Waals surface area (Å²) in [4.78, 5) is 16.8. The van der Waals surface area contributed by atoms with Gasteiger partial charge in [0.05, 0.1) is 29.8 Å². The van der Waals surface area contributed by atoms with E-state index in [-0.39, 0.29) is 18.4 Å². The van der Waals surface area contributed by atoms with Gasteiger partial charge < -0.3 is 10.1 Å². The Balaban J connectivity index is 1.50. The summed E-state index contributed by atoms with van der Waals surface area (Å²) in [7, 11) is 0. The summed E-state index contributed by atoms with van der Waals surface area (Å²) in [5.41, 5.74) is 3.48. The number of aryl methyl sites for hydroxylation is 1. The SMILES string of the molecule is Cc1ccc(OCc2nc(CC(=O)NC(C)c3ccc(C#N)cc3)cs2)cc1. The molecule has 1 heterocycles. The molecule has 2 aromatic carbocycles. The van der Waals surface area contributed by atoms with Crippen molar-refractivity contribution in [3.05, 3.63) is 81.3 Å². The van der Waals surface area contributed by atoms with E-state index in [2.05, 4.69) is 16.4 Å². The fourth-order valence-electron chi connectivity index (χ4n) is 2.66. The first-order valence-electron chi connectivity index (χ1n) is 8.95. The topological polar surface area (TPSA) is 75.0 Å². The van der Waals surface area contributed by atoms with Crippen LogP contribution in [0.4, 0.5) is 0 Å². The van der Waals surface area contributed by atoms with Gasteiger partial charge in [0.2, 0.25) is 5.91 Å². The lowest BCUT2D eigenvalue weighted by atomic mass is 10.1. The Bertz CT molecular complexity index is 972. The lowest BCUT2D eigenvalue weighted by molar-refractivity contribution is -0.121. The molecule has 0 bridgehead atoms. The van der Waals surface area contributed by atoms with Crippen LogP contribution >= 0.6 is 11.3 Å². The zero-order valence-corrected chi connectivity index (χ0v) is 16.6. The first-order chi connectivity index (χ1) is 13.5. The number of hydrogen-bond acceptors (Lipinski definition) is 5. The van der Waals surface area contributed by atoms with Crippen LogP contribution in [0, 0.1) is 18.3 Å². The minimum atomic E-state index is -0.136. The molecule has 3 aromatic rings. The van der Waals surface area contributed by atoms with E-state index in [1.165, 1.54) is 16.9 Å². The van der Waals surface area contributed by atoms with Gasteiger partial charge in [-0.15, -0.1) is 11.3 Å². The third-order valence-corrected chi connectivity index (χ3v) is 5.11. The van der Waals surface area contributed by atoms with Crippen LogP contribution in [0.15, 0.2) is 53.9 Å². The Labute approximate surface area is 168 Å². The van der Waals surface area contributed by atoms with Gasteiger partial charge in [-0.2, -0.15) is 5.26 Å². The zero-order chi connectivity index (χ0) is 19.9. The summed E-state index contributed by atoms with van der Waals surface area (Å²) < 4.78 is 5.73. The summed E-state index contributed by atoms with van der Waals surface area (Å²) >= 11 is 1.49. The van der Waals surface area contributed by atoms with Crippen LogP contribution in [-0.4, -0.2) is 10.9 Å². The van der Waals surface area contributed by atoms with Gasteiger partial charge in [-0.3, -0.25) is 4.79 Å². The highest BCUT2D eigenvalue weighted by Gasteiger charge is 2.12. The van der Waals surface area contributed by atoms with E-state index in [9.17, 15) is 4.79 Å². The monoisotopic (exact) mass is 391 g/mol. The van der Waals surface area contributed by atoms with E-state index in [0.29, 0.717) is 12.2 Å². The Kier molecular flexibility index (Phi) is 6.41. The Morgan fingerprint density at radius 1 is 1.21 bits per heavy atom. The lowest BCUT2D eigenvalue weighted by Crippen LogP contribution is -2.28. The summed E-state index contributed by atoms with van der Waals surface area (Å²) in [6.45, 7) is 4.34. The number of aromatic nitrogens is 1. The van der Waals surface area contributed by atoms with Crippen molar-refractivity contribution in [1.29, 1.82) is 5.26 Å². The molecule has 0 spiro atoms. The van der Waals surface area contributed by atoms with Gasteiger partial charge in [-0.1, -0.05) is 29.8 Å². The maximum absolute atomic E-state index is 12.3. The van der Waals surface area contributed by atoms with Gasteiger partial charge in [0.15, 0.2) is 0 Å². The predicted molar refractivity (Wildman–Crippen MR) is 109 cm³/mol. The van der Waals surface area contributed by atoms with Gasteiger partial charge in [0.1, 0.15) is 17.4 Å². The van der Waals surface area contributed by atoms with Crippen molar-refractivity contribution in [1.82, 2.24) is 10.3 Å². The molecule has 28 heavy (non-hydrogen) atoms. The van der Waals surface area contributed by atoms with Crippen molar-refractivity contribution < 1.29 is 9.53 Å². The number of nitrogens with zero attached hydrogens (tertiary/aromatic N) is 2. The number of rotatable bonds is 7. The fourth-order valence-corrected chi connectivity index (χ4v) is 3.37. The number of ether oxygens (including phenoxy) is 1. The molecule has 0 fully saturated rings. The standard InChI is InChI=1S/C22H21N3O2S/c1-15-3-9-20(10-4-15)27-13-22-25-19(14-28-22)11-21(26)24-16(2)18-7-5-17(12-23)6-8-18/h3-10,14,16H,11,13H2,1-2H3,(H,24,26). The second-order valence-corrected chi connectivity index (χ2v) is 7.48. The van der Waals surface area contributed by atoms with E-state index in [4.69, 9.17) is 10.00 Å². The number of carbonyl (C=O) groups excluding carboxylic acids is 1. The molecular weight excluding hydrogens is 370 g/mol. The van der Waals surface area contributed by atoms with Crippen LogP contribution < -0.4 is 10.1 Å².